The average molecular weight is 402 g/mol. The van der Waals surface area contributed by atoms with Gasteiger partial charge < -0.3 is 15.4 Å². The molecule has 1 unspecified atom stereocenters. The minimum atomic E-state index is -0.653. The molecule has 0 aromatic heterocycles. The third-order valence-corrected chi connectivity index (χ3v) is 4.47. The van der Waals surface area contributed by atoms with Crippen molar-refractivity contribution >= 4 is 41.5 Å². The van der Waals surface area contributed by atoms with Crippen LogP contribution in [-0.2, 0) is 24.4 Å². The Kier molecular flexibility index (Phi) is 6.96. The highest BCUT2D eigenvalue weighted by Crippen LogP contribution is 2.28. The summed E-state index contributed by atoms with van der Waals surface area (Å²) in [6.07, 6.45) is -0.653. The molecule has 25 heavy (non-hydrogen) atoms. The average Bonchev–Trinajstić information content (AvgIpc) is 3.02. The molecule has 0 saturated carbocycles. The van der Waals surface area contributed by atoms with Crippen LogP contribution in [0.25, 0.3) is 0 Å². The molecule has 0 saturated heterocycles. The lowest BCUT2D eigenvalue weighted by atomic mass is 10.1. The van der Waals surface area contributed by atoms with Gasteiger partial charge in [0.2, 0.25) is 0 Å². The van der Waals surface area contributed by atoms with E-state index in [1.165, 1.54) is 11.1 Å². The molecule has 1 heterocycles. The highest BCUT2D eigenvalue weighted by atomic mass is 35.5. The zero-order valence-corrected chi connectivity index (χ0v) is 16.0. The van der Waals surface area contributed by atoms with E-state index in [9.17, 15) is 4.79 Å². The van der Waals surface area contributed by atoms with Crippen molar-refractivity contribution in [2.24, 2.45) is 0 Å². The highest BCUT2D eigenvalue weighted by Gasteiger charge is 2.16. The zero-order valence-electron chi connectivity index (χ0n) is 13.6. The molecule has 2 aromatic rings. The summed E-state index contributed by atoms with van der Waals surface area (Å²) in [4.78, 5) is 12.2. The maximum Gasteiger partial charge on any atom is 0.261 e. The molecular formula is C18H19Cl3N2O2. The fourth-order valence-electron chi connectivity index (χ4n) is 2.61. The first-order valence-electron chi connectivity index (χ1n) is 7.74. The number of benzene rings is 2. The molecule has 134 valence electrons. The Morgan fingerprint density at radius 1 is 1.20 bits per heavy atom. The number of hydrogen-bond donors (Lipinski definition) is 2. The van der Waals surface area contributed by atoms with Gasteiger partial charge in [-0.05, 0) is 41.8 Å². The first-order valence-corrected chi connectivity index (χ1v) is 8.49. The van der Waals surface area contributed by atoms with E-state index in [1.807, 2.05) is 6.07 Å². The minimum absolute atomic E-state index is 0. The molecule has 0 fully saturated rings. The van der Waals surface area contributed by atoms with Crippen LogP contribution in [0.1, 0.15) is 23.6 Å². The number of carbonyl (C=O) groups excluding carboxylic acids is 1. The summed E-state index contributed by atoms with van der Waals surface area (Å²) in [7, 11) is 0. The molecule has 4 nitrogen and oxygen atoms in total. The van der Waals surface area contributed by atoms with Gasteiger partial charge in [0, 0.05) is 24.7 Å². The van der Waals surface area contributed by atoms with Gasteiger partial charge in [0.1, 0.15) is 5.75 Å². The zero-order chi connectivity index (χ0) is 17.1. The molecule has 2 N–H and O–H groups in total. The van der Waals surface area contributed by atoms with E-state index in [-0.39, 0.29) is 18.3 Å². The largest absolute Gasteiger partial charge is 0.479 e. The Morgan fingerprint density at radius 2 is 1.96 bits per heavy atom. The smallest absolute Gasteiger partial charge is 0.261 e. The number of rotatable bonds is 5. The van der Waals surface area contributed by atoms with Crippen LogP contribution in [0.2, 0.25) is 10.0 Å². The summed E-state index contributed by atoms with van der Waals surface area (Å²) < 4.78 is 5.61. The van der Waals surface area contributed by atoms with E-state index in [0.717, 1.165) is 18.7 Å². The minimum Gasteiger partial charge on any atom is -0.479 e. The maximum absolute atomic E-state index is 12.2. The number of carbonyl (C=O) groups is 1. The summed E-state index contributed by atoms with van der Waals surface area (Å²) in [5.74, 6) is 0.243. The standard InChI is InChI=1S/C18H18Cl2N2O2.ClH/c1-11(24-17-5-4-15(19)7-16(17)20)18(23)22-8-12-2-3-13-9-21-10-14(13)6-12;/h2-7,11,21H,8-10H2,1H3,(H,22,23);1H. The van der Waals surface area contributed by atoms with Gasteiger partial charge >= 0.3 is 0 Å². The second kappa shape index (κ2) is 8.77. The quantitative estimate of drug-likeness (QED) is 0.793. The van der Waals surface area contributed by atoms with Gasteiger partial charge in [0.25, 0.3) is 5.91 Å². The van der Waals surface area contributed by atoms with Gasteiger partial charge in [-0.15, -0.1) is 12.4 Å². The van der Waals surface area contributed by atoms with Crippen molar-refractivity contribution in [2.45, 2.75) is 32.7 Å². The van der Waals surface area contributed by atoms with E-state index in [2.05, 4.69) is 22.8 Å². The lowest BCUT2D eigenvalue weighted by Crippen LogP contribution is -2.36. The van der Waals surface area contributed by atoms with Crippen LogP contribution < -0.4 is 15.4 Å². The lowest BCUT2D eigenvalue weighted by molar-refractivity contribution is -0.127. The maximum atomic E-state index is 12.2. The Labute approximate surface area is 163 Å². The molecule has 7 heteroatoms. The summed E-state index contributed by atoms with van der Waals surface area (Å²) in [5.41, 5.74) is 3.68. The Bertz CT molecular complexity index is 768. The Hall–Kier alpha value is -1.46. The Morgan fingerprint density at radius 3 is 2.72 bits per heavy atom. The first kappa shape index (κ1) is 19.9. The number of amides is 1. The van der Waals surface area contributed by atoms with E-state index < -0.39 is 6.10 Å². The molecule has 2 aromatic carbocycles. The topological polar surface area (TPSA) is 50.4 Å². The second-order valence-electron chi connectivity index (χ2n) is 5.76. The van der Waals surface area contributed by atoms with Crippen molar-refractivity contribution < 1.29 is 9.53 Å². The van der Waals surface area contributed by atoms with E-state index >= 15 is 0 Å². The Balaban J connectivity index is 0.00000225. The van der Waals surface area contributed by atoms with Crippen LogP contribution >= 0.6 is 35.6 Å². The third kappa shape index (κ3) is 5.02. The van der Waals surface area contributed by atoms with Crippen molar-refractivity contribution in [3.8, 4) is 5.75 Å². The molecule has 1 atom stereocenters. The van der Waals surface area contributed by atoms with Crippen molar-refractivity contribution in [2.75, 3.05) is 0 Å². The lowest BCUT2D eigenvalue weighted by Gasteiger charge is -2.16. The summed E-state index contributed by atoms with van der Waals surface area (Å²) in [6, 6.07) is 11.2. The van der Waals surface area contributed by atoms with Crippen LogP contribution in [0.4, 0.5) is 0 Å². The van der Waals surface area contributed by atoms with Gasteiger partial charge in [0.05, 0.1) is 5.02 Å². The van der Waals surface area contributed by atoms with Gasteiger partial charge in [-0.2, -0.15) is 0 Å². The van der Waals surface area contributed by atoms with Crippen LogP contribution in [0.5, 0.6) is 5.75 Å². The molecule has 0 radical (unpaired) electrons. The molecule has 0 aliphatic carbocycles. The molecule has 0 bridgehead atoms. The van der Waals surface area contributed by atoms with Crippen LogP contribution in [0.15, 0.2) is 36.4 Å². The summed E-state index contributed by atoms with van der Waals surface area (Å²) >= 11 is 11.9. The number of nitrogens with one attached hydrogen (secondary N) is 2. The van der Waals surface area contributed by atoms with E-state index in [4.69, 9.17) is 27.9 Å². The van der Waals surface area contributed by atoms with Crippen molar-refractivity contribution in [1.29, 1.82) is 0 Å². The molecule has 1 aliphatic heterocycles. The van der Waals surface area contributed by atoms with Crippen LogP contribution in [0.3, 0.4) is 0 Å². The molecule has 3 rings (SSSR count). The first-order chi connectivity index (χ1) is 11.5. The number of halogens is 3. The van der Waals surface area contributed by atoms with Crippen LogP contribution in [0, 0.1) is 0 Å². The third-order valence-electron chi connectivity index (χ3n) is 3.94. The number of ether oxygens (including phenoxy) is 1. The van der Waals surface area contributed by atoms with Gasteiger partial charge in [-0.3, -0.25) is 4.79 Å². The van der Waals surface area contributed by atoms with Crippen LogP contribution in [-0.4, -0.2) is 12.0 Å². The molecular weight excluding hydrogens is 383 g/mol. The normalized spacial score (nSPS) is 13.6. The molecule has 0 spiro atoms. The van der Waals surface area contributed by atoms with Crippen molar-refractivity contribution in [3.63, 3.8) is 0 Å². The predicted octanol–water partition coefficient (Wildman–Crippen LogP) is 4.10. The predicted molar refractivity (Wildman–Crippen MR) is 103 cm³/mol. The fourth-order valence-corrected chi connectivity index (χ4v) is 3.06. The monoisotopic (exact) mass is 400 g/mol. The summed E-state index contributed by atoms with van der Waals surface area (Å²) in [5, 5.41) is 7.10. The highest BCUT2D eigenvalue weighted by molar-refractivity contribution is 6.35. The van der Waals surface area contributed by atoms with Crippen molar-refractivity contribution in [3.05, 3.63) is 63.1 Å². The van der Waals surface area contributed by atoms with Gasteiger partial charge in [-0.25, -0.2) is 0 Å². The molecule has 1 aliphatic rings. The van der Waals surface area contributed by atoms with Gasteiger partial charge in [-0.1, -0.05) is 41.4 Å². The van der Waals surface area contributed by atoms with E-state index in [1.54, 1.807) is 25.1 Å². The summed E-state index contributed by atoms with van der Waals surface area (Å²) in [6.45, 7) is 3.95. The van der Waals surface area contributed by atoms with Gasteiger partial charge in [0.15, 0.2) is 6.10 Å². The molecule has 1 amide bonds. The van der Waals surface area contributed by atoms with Crippen molar-refractivity contribution in [1.82, 2.24) is 10.6 Å². The number of hydrogen-bond acceptors (Lipinski definition) is 3. The SMILES string of the molecule is CC(Oc1ccc(Cl)cc1Cl)C(=O)NCc1ccc2c(c1)CNC2.Cl. The van der Waals surface area contributed by atoms with E-state index in [0.29, 0.717) is 22.3 Å². The fraction of sp³-hybridized carbons (Fsp3) is 0.278. The second-order valence-corrected chi connectivity index (χ2v) is 6.60. The number of fused-ring (bicyclic) bond motifs is 1.